The molecule has 6 heteroatoms. The number of pyridine rings is 1. The van der Waals surface area contributed by atoms with Crippen LogP contribution < -0.4 is 10.5 Å². The van der Waals surface area contributed by atoms with Crippen LogP contribution in [0, 0.1) is 0 Å². The number of nitrogens with two attached hydrogens (primary N) is 1. The number of hydrogen-bond acceptors (Lipinski definition) is 4. The van der Waals surface area contributed by atoms with E-state index in [9.17, 15) is 4.79 Å². The Morgan fingerprint density at radius 2 is 2.31 bits per heavy atom. The minimum absolute atomic E-state index is 0.269. The normalized spacial score (nSPS) is 10.1. The van der Waals surface area contributed by atoms with Gasteiger partial charge < -0.3 is 10.5 Å². The fraction of sp³-hybridized carbons (Fsp3) is 0.100. The molecule has 2 aromatic heterocycles. The third-order valence-corrected chi connectivity index (χ3v) is 2.08. The number of aromatic amines is 1. The quantitative estimate of drug-likeness (QED) is 0.787. The van der Waals surface area contributed by atoms with Gasteiger partial charge in [-0.15, -0.1) is 0 Å². The van der Waals surface area contributed by atoms with Crippen LogP contribution in [0.2, 0.25) is 0 Å². The van der Waals surface area contributed by atoms with Crippen LogP contribution >= 0.6 is 0 Å². The molecule has 0 fully saturated rings. The highest BCUT2D eigenvalue weighted by molar-refractivity contribution is 5.91. The fourth-order valence-corrected chi connectivity index (χ4v) is 1.25. The highest BCUT2D eigenvalue weighted by Gasteiger charge is 2.07. The van der Waals surface area contributed by atoms with E-state index in [2.05, 4.69) is 15.2 Å². The zero-order valence-corrected chi connectivity index (χ0v) is 8.60. The van der Waals surface area contributed by atoms with Gasteiger partial charge in [0.1, 0.15) is 5.69 Å². The lowest BCUT2D eigenvalue weighted by Gasteiger charge is -1.98. The van der Waals surface area contributed by atoms with E-state index in [1.807, 2.05) is 0 Å². The summed E-state index contributed by atoms with van der Waals surface area (Å²) in [6.07, 6.45) is 1.61. The number of rotatable bonds is 3. The van der Waals surface area contributed by atoms with Crippen LogP contribution in [0.5, 0.6) is 5.88 Å². The van der Waals surface area contributed by atoms with Gasteiger partial charge in [-0.05, 0) is 12.1 Å². The van der Waals surface area contributed by atoms with Gasteiger partial charge in [0, 0.05) is 17.8 Å². The van der Waals surface area contributed by atoms with Gasteiger partial charge in [-0.25, -0.2) is 4.98 Å². The van der Waals surface area contributed by atoms with Crippen molar-refractivity contribution in [2.24, 2.45) is 5.73 Å². The van der Waals surface area contributed by atoms with Crippen molar-refractivity contribution in [3.8, 4) is 17.1 Å². The van der Waals surface area contributed by atoms with E-state index in [4.69, 9.17) is 10.5 Å². The first-order chi connectivity index (χ1) is 7.70. The molecule has 0 aliphatic rings. The van der Waals surface area contributed by atoms with Crippen molar-refractivity contribution in [2.75, 3.05) is 7.11 Å². The van der Waals surface area contributed by atoms with Crippen molar-refractivity contribution in [1.29, 1.82) is 0 Å². The molecule has 16 heavy (non-hydrogen) atoms. The summed E-state index contributed by atoms with van der Waals surface area (Å²) in [4.78, 5) is 14.9. The van der Waals surface area contributed by atoms with E-state index in [1.165, 1.54) is 0 Å². The van der Waals surface area contributed by atoms with E-state index in [1.54, 1.807) is 31.5 Å². The molecule has 0 spiro atoms. The third kappa shape index (κ3) is 1.85. The van der Waals surface area contributed by atoms with Gasteiger partial charge in [0.2, 0.25) is 5.88 Å². The second kappa shape index (κ2) is 4.01. The molecule has 0 aromatic carbocycles. The van der Waals surface area contributed by atoms with Gasteiger partial charge >= 0.3 is 0 Å². The van der Waals surface area contributed by atoms with Crippen molar-refractivity contribution < 1.29 is 9.53 Å². The van der Waals surface area contributed by atoms with Gasteiger partial charge in [-0.3, -0.25) is 9.89 Å². The molecule has 0 radical (unpaired) electrons. The summed E-state index contributed by atoms with van der Waals surface area (Å²) in [7, 11) is 1.54. The second-order valence-electron chi connectivity index (χ2n) is 3.12. The second-order valence-corrected chi connectivity index (χ2v) is 3.12. The Morgan fingerprint density at radius 1 is 1.50 bits per heavy atom. The van der Waals surface area contributed by atoms with Gasteiger partial charge in [0.05, 0.1) is 12.8 Å². The first-order valence-corrected chi connectivity index (χ1v) is 4.56. The molecular weight excluding hydrogens is 208 g/mol. The maximum Gasteiger partial charge on any atom is 0.266 e. The predicted octanol–water partition coefficient (Wildman–Crippen LogP) is 0.579. The van der Waals surface area contributed by atoms with Crippen molar-refractivity contribution in [3.05, 3.63) is 30.1 Å². The van der Waals surface area contributed by atoms with Gasteiger partial charge in [-0.1, -0.05) is 0 Å². The van der Waals surface area contributed by atoms with Crippen molar-refractivity contribution in [2.45, 2.75) is 0 Å². The van der Waals surface area contributed by atoms with Crippen LogP contribution in [0.3, 0.4) is 0 Å². The van der Waals surface area contributed by atoms with Gasteiger partial charge in [0.15, 0.2) is 0 Å². The van der Waals surface area contributed by atoms with Crippen LogP contribution in [0.4, 0.5) is 0 Å². The molecular formula is C10H10N4O2. The lowest BCUT2D eigenvalue weighted by atomic mass is 10.2. The maximum atomic E-state index is 10.9. The monoisotopic (exact) mass is 218 g/mol. The SMILES string of the molecule is COc1ccc(-c2cc(C(N)=O)[nH]n2)cn1. The van der Waals surface area contributed by atoms with Gasteiger partial charge in [0.25, 0.3) is 5.91 Å². The molecule has 0 aliphatic heterocycles. The minimum atomic E-state index is -0.541. The largest absolute Gasteiger partial charge is 0.481 e. The van der Waals surface area contributed by atoms with Crippen molar-refractivity contribution >= 4 is 5.91 Å². The highest BCUT2D eigenvalue weighted by atomic mass is 16.5. The van der Waals surface area contributed by atoms with E-state index in [0.717, 1.165) is 5.56 Å². The number of ether oxygens (including phenoxy) is 1. The summed E-state index contributed by atoms with van der Waals surface area (Å²) in [6.45, 7) is 0. The number of amides is 1. The maximum absolute atomic E-state index is 10.9. The molecule has 2 heterocycles. The Bertz CT molecular complexity index is 504. The number of nitrogens with zero attached hydrogens (tertiary/aromatic N) is 2. The van der Waals surface area contributed by atoms with Crippen molar-refractivity contribution in [1.82, 2.24) is 15.2 Å². The molecule has 0 atom stereocenters. The van der Waals surface area contributed by atoms with E-state index < -0.39 is 5.91 Å². The number of carbonyl (C=O) groups is 1. The zero-order valence-electron chi connectivity index (χ0n) is 8.60. The summed E-state index contributed by atoms with van der Waals surface area (Å²) >= 11 is 0. The summed E-state index contributed by atoms with van der Waals surface area (Å²) in [5.74, 6) is -0.0189. The molecule has 1 amide bonds. The number of carbonyl (C=O) groups excluding carboxylic acids is 1. The Labute approximate surface area is 91.5 Å². The summed E-state index contributed by atoms with van der Waals surface area (Å²) in [5.41, 5.74) is 6.77. The Morgan fingerprint density at radius 3 is 2.81 bits per heavy atom. The molecule has 2 rings (SSSR count). The molecule has 0 aliphatic carbocycles. The average molecular weight is 218 g/mol. The Balaban J connectivity index is 2.31. The fourth-order valence-electron chi connectivity index (χ4n) is 1.25. The number of primary amides is 1. The average Bonchev–Trinajstić information content (AvgIpc) is 2.78. The minimum Gasteiger partial charge on any atom is -0.481 e. The molecule has 3 N–H and O–H groups in total. The van der Waals surface area contributed by atoms with E-state index in [-0.39, 0.29) is 5.69 Å². The highest BCUT2D eigenvalue weighted by Crippen LogP contribution is 2.18. The third-order valence-electron chi connectivity index (χ3n) is 2.08. The zero-order chi connectivity index (χ0) is 11.5. The van der Waals surface area contributed by atoms with E-state index in [0.29, 0.717) is 11.6 Å². The van der Waals surface area contributed by atoms with Crippen LogP contribution in [0.25, 0.3) is 11.3 Å². The first kappa shape index (κ1) is 10.2. The number of H-pyrrole nitrogens is 1. The Kier molecular flexibility index (Phi) is 2.55. The van der Waals surface area contributed by atoms with Crippen LogP contribution in [0.1, 0.15) is 10.5 Å². The molecule has 82 valence electrons. The van der Waals surface area contributed by atoms with Crippen LogP contribution in [0.15, 0.2) is 24.4 Å². The van der Waals surface area contributed by atoms with E-state index >= 15 is 0 Å². The molecule has 0 saturated heterocycles. The molecule has 0 bridgehead atoms. The molecule has 0 unspecified atom stereocenters. The lowest BCUT2D eigenvalue weighted by molar-refractivity contribution is 0.0995. The number of hydrogen-bond donors (Lipinski definition) is 2. The first-order valence-electron chi connectivity index (χ1n) is 4.56. The number of methoxy groups -OCH3 is 1. The molecule has 2 aromatic rings. The summed E-state index contributed by atoms with van der Waals surface area (Å²) in [5, 5.41) is 6.51. The Hall–Kier alpha value is -2.37. The van der Waals surface area contributed by atoms with Crippen LogP contribution in [-0.4, -0.2) is 28.2 Å². The van der Waals surface area contributed by atoms with Gasteiger partial charge in [-0.2, -0.15) is 5.10 Å². The molecule has 6 nitrogen and oxygen atoms in total. The predicted molar refractivity (Wildman–Crippen MR) is 56.9 cm³/mol. The summed E-state index contributed by atoms with van der Waals surface area (Å²) in [6, 6.07) is 5.09. The molecule has 0 saturated carbocycles. The summed E-state index contributed by atoms with van der Waals surface area (Å²) < 4.78 is 4.94. The van der Waals surface area contributed by atoms with Crippen molar-refractivity contribution in [3.63, 3.8) is 0 Å². The lowest BCUT2D eigenvalue weighted by Crippen LogP contribution is -2.10. The topological polar surface area (TPSA) is 93.9 Å². The standard InChI is InChI=1S/C10H10N4O2/c1-16-9-3-2-6(5-12-9)7-4-8(10(11)15)14-13-7/h2-5H,1H3,(H2,11,15)(H,13,14). The number of aromatic nitrogens is 3. The smallest absolute Gasteiger partial charge is 0.266 e. The number of nitrogens with one attached hydrogen (secondary N) is 1. The van der Waals surface area contributed by atoms with Crippen LogP contribution in [-0.2, 0) is 0 Å².